The van der Waals surface area contributed by atoms with E-state index in [1.165, 1.54) is 0 Å². The molecule has 0 aliphatic carbocycles. The summed E-state index contributed by atoms with van der Waals surface area (Å²) in [6.45, 7) is 3.41. The second-order valence-electron chi connectivity index (χ2n) is 6.09. The van der Waals surface area contributed by atoms with Gasteiger partial charge in [0, 0.05) is 28.8 Å². The summed E-state index contributed by atoms with van der Waals surface area (Å²) in [5, 5.41) is 0. The van der Waals surface area contributed by atoms with E-state index in [0.29, 0.717) is 11.3 Å². The first kappa shape index (κ1) is 17.9. The van der Waals surface area contributed by atoms with Gasteiger partial charge in [-0.3, -0.25) is 9.52 Å². The maximum atomic E-state index is 12.5. The SMILES string of the molecule is Cc1cc(S(=O)(=O)Nc2ccc(C(=O)N3CCCC3)cc2)ccc1Br. The molecule has 2 aromatic rings. The second-order valence-corrected chi connectivity index (χ2v) is 8.63. The van der Waals surface area contributed by atoms with E-state index in [4.69, 9.17) is 0 Å². The van der Waals surface area contributed by atoms with Crippen LogP contribution in [0.2, 0.25) is 0 Å². The number of likely N-dealkylation sites (tertiary alicyclic amines) is 1. The van der Waals surface area contributed by atoms with Crippen LogP contribution in [0.5, 0.6) is 0 Å². The zero-order chi connectivity index (χ0) is 18.0. The van der Waals surface area contributed by atoms with Crippen molar-refractivity contribution in [3.05, 3.63) is 58.1 Å². The van der Waals surface area contributed by atoms with E-state index in [2.05, 4.69) is 20.7 Å². The van der Waals surface area contributed by atoms with Gasteiger partial charge in [0.05, 0.1) is 4.90 Å². The number of nitrogens with zero attached hydrogens (tertiary/aromatic N) is 1. The van der Waals surface area contributed by atoms with Gasteiger partial charge in [-0.2, -0.15) is 0 Å². The molecule has 1 aliphatic heterocycles. The Kier molecular flexibility index (Phi) is 5.15. The van der Waals surface area contributed by atoms with Crippen LogP contribution < -0.4 is 4.72 Å². The van der Waals surface area contributed by atoms with Crippen LogP contribution >= 0.6 is 15.9 Å². The number of amides is 1. The highest BCUT2D eigenvalue weighted by molar-refractivity contribution is 9.10. The predicted molar refractivity (Wildman–Crippen MR) is 101 cm³/mol. The molecule has 25 heavy (non-hydrogen) atoms. The van der Waals surface area contributed by atoms with Gasteiger partial charge in [0.2, 0.25) is 0 Å². The molecule has 1 N–H and O–H groups in total. The van der Waals surface area contributed by atoms with Crippen molar-refractivity contribution in [2.24, 2.45) is 0 Å². The first-order valence-electron chi connectivity index (χ1n) is 8.05. The van der Waals surface area contributed by atoms with Gasteiger partial charge in [-0.25, -0.2) is 8.42 Å². The number of rotatable bonds is 4. The number of anilines is 1. The Bertz CT molecular complexity index is 889. The molecular weight excluding hydrogens is 404 g/mol. The summed E-state index contributed by atoms with van der Waals surface area (Å²) in [4.78, 5) is 14.3. The average molecular weight is 423 g/mol. The molecule has 7 heteroatoms. The smallest absolute Gasteiger partial charge is 0.261 e. The number of halogens is 1. The van der Waals surface area contributed by atoms with E-state index in [1.807, 2.05) is 11.8 Å². The minimum absolute atomic E-state index is 0.00422. The summed E-state index contributed by atoms with van der Waals surface area (Å²) in [5.74, 6) is -0.00422. The van der Waals surface area contributed by atoms with Gasteiger partial charge >= 0.3 is 0 Å². The zero-order valence-electron chi connectivity index (χ0n) is 13.8. The fraction of sp³-hybridized carbons (Fsp3) is 0.278. The Labute approximate surface area is 156 Å². The molecule has 1 fully saturated rings. The van der Waals surface area contributed by atoms with Gasteiger partial charge in [-0.15, -0.1) is 0 Å². The van der Waals surface area contributed by atoms with Crippen molar-refractivity contribution >= 4 is 37.5 Å². The quantitative estimate of drug-likeness (QED) is 0.814. The van der Waals surface area contributed by atoms with Gasteiger partial charge in [0.25, 0.3) is 15.9 Å². The molecule has 3 rings (SSSR count). The topological polar surface area (TPSA) is 66.5 Å². The standard InChI is InChI=1S/C18H19BrN2O3S/c1-13-12-16(8-9-17(13)19)25(23,24)20-15-6-4-14(5-7-15)18(22)21-10-2-3-11-21/h4-9,12,20H,2-3,10-11H2,1H3. The molecule has 0 aromatic heterocycles. The first-order valence-corrected chi connectivity index (χ1v) is 10.3. The van der Waals surface area contributed by atoms with Crippen molar-refractivity contribution in [3.8, 4) is 0 Å². The van der Waals surface area contributed by atoms with Gasteiger partial charge in [-0.1, -0.05) is 15.9 Å². The Hall–Kier alpha value is -1.86. The van der Waals surface area contributed by atoms with E-state index >= 15 is 0 Å². The van der Waals surface area contributed by atoms with Crippen molar-refractivity contribution in [1.29, 1.82) is 0 Å². The summed E-state index contributed by atoms with van der Waals surface area (Å²) in [6.07, 6.45) is 2.08. The van der Waals surface area contributed by atoms with Gasteiger partial charge in [0.15, 0.2) is 0 Å². The van der Waals surface area contributed by atoms with Crippen LogP contribution in [0.15, 0.2) is 51.8 Å². The largest absolute Gasteiger partial charge is 0.339 e. The molecule has 5 nitrogen and oxygen atoms in total. The Morgan fingerprint density at radius 2 is 1.72 bits per heavy atom. The molecule has 132 valence electrons. The summed E-state index contributed by atoms with van der Waals surface area (Å²) < 4.78 is 28.4. The molecule has 0 bridgehead atoms. The molecule has 0 radical (unpaired) electrons. The second kappa shape index (κ2) is 7.17. The lowest BCUT2D eigenvalue weighted by Crippen LogP contribution is -2.27. The van der Waals surface area contributed by atoms with E-state index in [1.54, 1.807) is 42.5 Å². The zero-order valence-corrected chi connectivity index (χ0v) is 16.2. The van der Waals surface area contributed by atoms with Gasteiger partial charge < -0.3 is 4.90 Å². The number of hydrogen-bond acceptors (Lipinski definition) is 3. The molecule has 1 aliphatic rings. The highest BCUT2D eigenvalue weighted by atomic mass is 79.9. The predicted octanol–water partition coefficient (Wildman–Crippen LogP) is 3.79. The van der Waals surface area contributed by atoms with Crippen LogP contribution in [-0.2, 0) is 10.0 Å². The minimum Gasteiger partial charge on any atom is -0.339 e. The van der Waals surface area contributed by atoms with Crippen molar-refractivity contribution in [1.82, 2.24) is 4.90 Å². The summed E-state index contributed by atoms with van der Waals surface area (Å²) in [5.41, 5.74) is 1.84. The third-order valence-corrected chi connectivity index (χ3v) is 6.49. The molecule has 0 spiro atoms. The van der Waals surface area contributed by atoms with Crippen molar-refractivity contribution in [2.75, 3.05) is 17.8 Å². The van der Waals surface area contributed by atoms with Crippen molar-refractivity contribution < 1.29 is 13.2 Å². The number of benzene rings is 2. The highest BCUT2D eigenvalue weighted by Gasteiger charge is 2.20. The number of carbonyl (C=O) groups excluding carboxylic acids is 1. The van der Waals surface area contributed by atoms with Crippen LogP contribution in [0.1, 0.15) is 28.8 Å². The lowest BCUT2D eigenvalue weighted by Gasteiger charge is -2.15. The van der Waals surface area contributed by atoms with E-state index < -0.39 is 10.0 Å². The minimum atomic E-state index is -3.67. The number of hydrogen-bond donors (Lipinski definition) is 1. The van der Waals surface area contributed by atoms with Crippen molar-refractivity contribution in [3.63, 3.8) is 0 Å². The number of aryl methyl sites for hydroxylation is 1. The van der Waals surface area contributed by atoms with Crippen LogP contribution in [-0.4, -0.2) is 32.3 Å². The molecule has 1 saturated heterocycles. The lowest BCUT2D eigenvalue weighted by atomic mass is 10.2. The number of carbonyl (C=O) groups is 1. The normalized spacial score (nSPS) is 14.6. The molecule has 0 atom stereocenters. The Morgan fingerprint density at radius 3 is 2.32 bits per heavy atom. The molecule has 0 saturated carbocycles. The van der Waals surface area contributed by atoms with Gasteiger partial charge in [0.1, 0.15) is 0 Å². The Balaban J connectivity index is 1.76. The molecule has 1 heterocycles. The van der Waals surface area contributed by atoms with Gasteiger partial charge in [-0.05, 0) is 67.8 Å². The number of nitrogens with one attached hydrogen (secondary N) is 1. The molecule has 2 aromatic carbocycles. The maximum Gasteiger partial charge on any atom is 0.261 e. The van der Waals surface area contributed by atoms with E-state index in [-0.39, 0.29) is 10.8 Å². The first-order chi connectivity index (χ1) is 11.9. The van der Waals surface area contributed by atoms with Crippen LogP contribution in [0, 0.1) is 6.92 Å². The third-order valence-electron chi connectivity index (χ3n) is 4.22. The Morgan fingerprint density at radius 1 is 1.08 bits per heavy atom. The third kappa shape index (κ3) is 4.04. The summed E-state index contributed by atoms with van der Waals surface area (Å²) >= 11 is 3.36. The van der Waals surface area contributed by atoms with Crippen LogP contribution in [0.4, 0.5) is 5.69 Å². The highest BCUT2D eigenvalue weighted by Crippen LogP contribution is 2.22. The van der Waals surface area contributed by atoms with E-state index in [0.717, 1.165) is 36.0 Å². The fourth-order valence-corrected chi connectivity index (χ4v) is 4.17. The van der Waals surface area contributed by atoms with E-state index in [9.17, 15) is 13.2 Å². The van der Waals surface area contributed by atoms with Crippen molar-refractivity contribution in [2.45, 2.75) is 24.7 Å². The fourth-order valence-electron chi connectivity index (χ4n) is 2.78. The molecule has 0 unspecified atom stereocenters. The average Bonchev–Trinajstić information content (AvgIpc) is 3.11. The molecule has 1 amide bonds. The monoisotopic (exact) mass is 422 g/mol. The molecular formula is C18H19BrN2O3S. The van der Waals surface area contributed by atoms with Crippen LogP contribution in [0.3, 0.4) is 0 Å². The summed E-state index contributed by atoms with van der Waals surface area (Å²) in [7, 11) is -3.67. The number of sulfonamides is 1. The lowest BCUT2D eigenvalue weighted by molar-refractivity contribution is 0.0793. The summed E-state index contributed by atoms with van der Waals surface area (Å²) in [6, 6.07) is 11.4. The maximum absolute atomic E-state index is 12.5. The van der Waals surface area contributed by atoms with Crippen LogP contribution in [0.25, 0.3) is 0 Å².